The summed E-state index contributed by atoms with van der Waals surface area (Å²) in [5.74, 6) is -0.0245. The summed E-state index contributed by atoms with van der Waals surface area (Å²) >= 11 is 0. The van der Waals surface area contributed by atoms with Crippen molar-refractivity contribution in [1.82, 2.24) is 0 Å². The highest BCUT2D eigenvalue weighted by atomic mass is 16.6. The number of carbonyl (C=O) groups is 2. The number of hydrogen-bond donors (Lipinski definition) is 0. The molecule has 5 nitrogen and oxygen atoms in total. The van der Waals surface area contributed by atoms with Gasteiger partial charge in [-0.15, -0.1) is 0 Å². The summed E-state index contributed by atoms with van der Waals surface area (Å²) in [6.45, 7) is 3.20. The minimum atomic E-state index is -0.361. The van der Waals surface area contributed by atoms with Crippen molar-refractivity contribution in [1.29, 1.82) is 0 Å². The van der Waals surface area contributed by atoms with Crippen molar-refractivity contribution >= 4 is 17.5 Å². The maximum Gasteiger partial charge on any atom is 0.265 e. The van der Waals surface area contributed by atoms with Crippen molar-refractivity contribution in [3.8, 4) is 5.75 Å². The van der Waals surface area contributed by atoms with E-state index in [2.05, 4.69) is 0 Å². The molecule has 0 saturated carbocycles. The molecule has 3 aromatic carbocycles. The van der Waals surface area contributed by atoms with Crippen molar-refractivity contribution in [2.75, 3.05) is 18.1 Å². The highest BCUT2D eigenvalue weighted by molar-refractivity contribution is 6.26. The van der Waals surface area contributed by atoms with E-state index >= 15 is 0 Å². The first-order chi connectivity index (χ1) is 14.7. The number of benzene rings is 3. The monoisotopic (exact) mass is 401 g/mol. The van der Waals surface area contributed by atoms with Crippen LogP contribution in [0.15, 0.2) is 78.9 Å². The van der Waals surface area contributed by atoms with Crippen molar-refractivity contribution < 1.29 is 19.1 Å². The number of amides is 2. The number of anilines is 1. The first-order valence-corrected chi connectivity index (χ1v) is 10.0. The lowest BCUT2D eigenvalue weighted by molar-refractivity contribution is 0.0897. The lowest BCUT2D eigenvalue weighted by atomic mass is 10.0. The van der Waals surface area contributed by atoms with Crippen LogP contribution in [0.25, 0.3) is 0 Å². The molecule has 0 N–H and O–H groups in total. The summed E-state index contributed by atoms with van der Waals surface area (Å²) in [7, 11) is 0. The lowest BCUT2D eigenvalue weighted by Gasteiger charge is -2.22. The predicted octanol–water partition coefficient (Wildman–Crippen LogP) is 4.51. The fourth-order valence-electron chi connectivity index (χ4n) is 3.25. The highest BCUT2D eigenvalue weighted by Crippen LogP contribution is 2.25. The number of imide groups is 1. The van der Waals surface area contributed by atoms with Gasteiger partial charge in [0.2, 0.25) is 0 Å². The van der Waals surface area contributed by atoms with Gasteiger partial charge in [-0.2, -0.15) is 0 Å². The van der Waals surface area contributed by atoms with E-state index in [1.807, 2.05) is 37.3 Å². The van der Waals surface area contributed by atoms with Crippen LogP contribution >= 0.6 is 0 Å². The number of nitrogens with zero attached hydrogens (tertiary/aromatic N) is 1. The summed E-state index contributed by atoms with van der Waals surface area (Å²) in [6.07, 6.45) is 0.800. The van der Waals surface area contributed by atoms with E-state index in [0.29, 0.717) is 35.6 Å². The third kappa shape index (κ3) is 4.42. The van der Waals surface area contributed by atoms with Crippen LogP contribution in [0.5, 0.6) is 5.75 Å². The second-order valence-corrected chi connectivity index (χ2v) is 7.09. The predicted molar refractivity (Wildman–Crippen MR) is 115 cm³/mol. The molecule has 0 radical (unpaired) electrons. The Kier molecular flexibility index (Phi) is 5.91. The standard InChI is InChI=1S/C25H23NO4/c1-2-18-15-21(29-16-22-17-30-22)13-14-23(18)25(28)26(20-11-7-4-8-12-20)24(27)19-9-5-3-6-10-19/h3-15,22H,2,16-17H2,1H3. The van der Waals surface area contributed by atoms with E-state index in [1.165, 1.54) is 4.90 Å². The smallest absolute Gasteiger partial charge is 0.265 e. The molecule has 0 aromatic heterocycles. The molecule has 1 unspecified atom stereocenters. The fraction of sp³-hybridized carbons (Fsp3) is 0.200. The molecule has 1 heterocycles. The van der Waals surface area contributed by atoms with Gasteiger partial charge in [-0.1, -0.05) is 43.3 Å². The minimum absolute atomic E-state index is 0.161. The number of rotatable bonds is 7. The molecule has 3 aromatic rings. The van der Waals surface area contributed by atoms with Gasteiger partial charge in [0.1, 0.15) is 18.5 Å². The Hall–Kier alpha value is -3.44. The number of aryl methyl sites for hydroxylation is 1. The molecule has 1 aliphatic rings. The molecule has 152 valence electrons. The number of hydrogen-bond acceptors (Lipinski definition) is 4. The van der Waals surface area contributed by atoms with Gasteiger partial charge >= 0.3 is 0 Å². The van der Waals surface area contributed by atoms with Crippen LogP contribution in [0.2, 0.25) is 0 Å². The van der Waals surface area contributed by atoms with Gasteiger partial charge in [-0.25, -0.2) is 4.90 Å². The van der Waals surface area contributed by atoms with E-state index in [-0.39, 0.29) is 17.9 Å². The van der Waals surface area contributed by atoms with Crippen LogP contribution < -0.4 is 9.64 Å². The summed E-state index contributed by atoms with van der Waals surface area (Å²) in [4.78, 5) is 28.1. The molecule has 0 bridgehead atoms. The number of carbonyl (C=O) groups excluding carboxylic acids is 2. The zero-order valence-corrected chi connectivity index (χ0v) is 16.8. The van der Waals surface area contributed by atoms with Crippen LogP contribution in [0, 0.1) is 0 Å². The maximum atomic E-state index is 13.6. The largest absolute Gasteiger partial charge is 0.491 e. The van der Waals surface area contributed by atoms with E-state index < -0.39 is 0 Å². The lowest BCUT2D eigenvalue weighted by Crippen LogP contribution is -2.37. The topological polar surface area (TPSA) is 59.1 Å². The van der Waals surface area contributed by atoms with Gasteiger partial charge in [0.15, 0.2) is 0 Å². The van der Waals surface area contributed by atoms with Gasteiger partial charge in [0, 0.05) is 11.1 Å². The molecule has 1 saturated heterocycles. The van der Waals surface area contributed by atoms with E-state index in [1.54, 1.807) is 48.5 Å². The van der Waals surface area contributed by atoms with E-state index in [4.69, 9.17) is 9.47 Å². The number of ether oxygens (including phenoxy) is 2. The van der Waals surface area contributed by atoms with Gasteiger partial charge in [0.25, 0.3) is 11.8 Å². The Bertz CT molecular complexity index is 1030. The summed E-state index contributed by atoms with van der Waals surface area (Å²) in [6, 6.07) is 23.2. The van der Waals surface area contributed by atoms with Crippen LogP contribution in [-0.4, -0.2) is 31.1 Å². The van der Waals surface area contributed by atoms with E-state index in [9.17, 15) is 9.59 Å². The Morgan fingerprint density at radius 1 is 0.967 bits per heavy atom. The fourth-order valence-corrected chi connectivity index (χ4v) is 3.25. The molecule has 1 aliphatic heterocycles. The molecule has 1 atom stereocenters. The van der Waals surface area contributed by atoms with Crippen molar-refractivity contribution in [3.05, 3.63) is 95.6 Å². The van der Waals surface area contributed by atoms with Gasteiger partial charge in [-0.05, 0) is 54.4 Å². The van der Waals surface area contributed by atoms with Gasteiger partial charge < -0.3 is 9.47 Å². The molecule has 5 heteroatoms. The second kappa shape index (κ2) is 8.93. The second-order valence-electron chi connectivity index (χ2n) is 7.09. The summed E-state index contributed by atoms with van der Waals surface area (Å²) in [5.41, 5.74) is 2.30. The molecule has 30 heavy (non-hydrogen) atoms. The van der Waals surface area contributed by atoms with Crippen molar-refractivity contribution in [2.45, 2.75) is 19.4 Å². The maximum absolute atomic E-state index is 13.6. The molecule has 0 spiro atoms. The van der Waals surface area contributed by atoms with Crippen LogP contribution in [0.4, 0.5) is 5.69 Å². The average molecular weight is 401 g/mol. The SMILES string of the molecule is CCc1cc(OCC2CO2)ccc1C(=O)N(C(=O)c1ccccc1)c1ccccc1. The minimum Gasteiger partial charge on any atom is -0.491 e. The number of para-hydroxylation sites is 1. The van der Waals surface area contributed by atoms with Crippen LogP contribution in [-0.2, 0) is 11.2 Å². The zero-order valence-electron chi connectivity index (χ0n) is 16.8. The summed E-state index contributed by atoms with van der Waals surface area (Å²) in [5, 5.41) is 0. The number of epoxide rings is 1. The molecule has 0 aliphatic carbocycles. The molecule has 1 fully saturated rings. The first kappa shape index (κ1) is 19.9. The van der Waals surface area contributed by atoms with Crippen molar-refractivity contribution in [2.24, 2.45) is 0 Å². The molecule has 4 rings (SSSR count). The van der Waals surface area contributed by atoms with E-state index in [0.717, 1.165) is 12.2 Å². The Labute approximate surface area is 175 Å². The third-order valence-corrected chi connectivity index (χ3v) is 4.97. The van der Waals surface area contributed by atoms with Crippen molar-refractivity contribution in [3.63, 3.8) is 0 Å². The average Bonchev–Trinajstić information content (AvgIpc) is 3.63. The van der Waals surface area contributed by atoms with Gasteiger partial charge in [0.05, 0.1) is 12.3 Å². The van der Waals surface area contributed by atoms with Crippen LogP contribution in [0.3, 0.4) is 0 Å². The Morgan fingerprint density at radius 3 is 2.27 bits per heavy atom. The molecular weight excluding hydrogens is 378 g/mol. The molecular formula is C25H23NO4. The third-order valence-electron chi connectivity index (χ3n) is 4.97. The molecule has 2 amide bonds. The first-order valence-electron chi connectivity index (χ1n) is 10.0. The highest BCUT2D eigenvalue weighted by Gasteiger charge is 2.28. The summed E-state index contributed by atoms with van der Waals surface area (Å²) < 4.78 is 10.9. The Morgan fingerprint density at radius 2 is 1.63 bits per heavy atom. The quantitative estimate of drug-likeness (QED) is 0.432. The Balaban J connectivity index is 1.68. The normalized spacial score (nSPS) is 14.8. The zero-order chi connectivity index (χ0) is 20.9. The van der Waals surface area contributed by atoms with Crippen LogP contribution in [0.1, 0.15) is 33.2 Å². The van der Waals surface area contributed by atoms with Gasteiger partial charge in [-0.3, -0.25) is 9.59 Å².